The van der Waals surface area contributed by atoms with Crippen molar-refractivity contribution in [2.75, 3.05) is 20.3 Å². The SMILES string of the molecule is COCCOc1ccc(CN(C(=O)O)S(=O)(=O)NC(C)CC(C)C)c(Oc2ncc(C(F)(F)F)cc2Cl)c1. The van der Waals surface area contributed by atoms with Gasteiger partial charge in [0.05, 0.1) is 18.7 Å². The Labute approximate surface area is 223 Å². The van der Waals surface area contributed by atoms with E-state index in [1.807, 2.05) is 13.8 Å². The van der Waals surface area contributed by atoms with E-state index in [1.54, 1.807) is 6.92 Å². The predicted molar refractivity (Wildman–Crippen MR) is 133 cm³/mol. The van der Waals surface area contributed by atoms with Gasteiger partial charge in [-0.3, -0.25) is 0 Å². The van der Waals surface area contributed by atoms with E-state index in [0.717, 1.165) is 0 Å². The number of alkyl halides is 3. The molecule has 2 N–H and O–H groups in total. The number of ether oxygens (including phenoxy) is 3. The first-order valence-corrected chi connectivity index (χ1v) is 13.1. The minimum atomic E-state index is -4.69. The van der Waals surface area contributed by atoms with Crippen molar-refractivity contribution in [1.82, 2.24) is 14.0 Å². The maximum atomic E-state index is 13.0. The van der Waals surface area contributed by atoms with E-state index in [4.69, 9.17) is 25.8 Å². The molecule has 0 radical (unpaired) electrons. The Kier molecular flexibility index (Phi) is 11.0. The van der Waals surface area contributed by atoms with Crippen molar-refractivity contribution in [3.05, 3.63) is 46.6 Å². The van der Waals surface area contributed by atoms with Gasteiger partial charge >= 0.3 is 22.5 Å². The molecule has 0 aliphatic rings. The zero-order valence-corrected chi connectivity index (χ0v) is 22.7. The molecule has 38 heavy (non-hydrogen) atoms. The lowest BCUT2D eigenvalue weighted by atomic mass is 10.1. The number of rotatable bonds is 13. The minimum Gasteiger partial charge on any atom is -0.491 e. The van der Waals surface area contributed by atoms with E-state index < -0.39 is 51.5 Å². The molecule has 2 aromatic rings. The second-order valence-corrected chi connectivity index (χ2v) is 10.7. The third kappa shape index (κ3) is 9.19. The first-order chi connectivity index (χ1) is 17.6. The summed E-state index contributed by atoms with van der Waals surface area (Å²) in [7, 11) is -3.03. The van der Waals surface area contributed by atoms with Gasteiger partial charge in [0.15, 0.2) is 0 Å². The third-order valence-corrected chi connectivity index (χ3v) is 6.77. The highest BCUT2D eigenvalue weighted by atomic mass is 35.5. The number of aromatic nitrogens is 1. The van der Waals surface area contributed by atoms with Crippen LogP contribution in [0.3, 0.4) is 0 Å². The maximum absolute atomic E-state index is 13.0. The van der Waals surface area contributed by atoms with Crippen molar-refractivity contribution in [1.29, 1.82) is 0 Å². The van der Waals surface area contributed by atoms with Crippen LogP contribution in [0.5, 0.6) is 17.4 Å². The molecule has 212 valence electrons. The van der Waals surface area contributed by atoms with Crippen LogP contribution in [0, 0.1) is 5.92 Å². The predicted octanol–water partition coefficient (Wildman–Crippen LogP) is 5.32. The number of amides is 1. The Morgan fingerprint density at radius 2 is 1.89 bits per heavy atom. The zero-order valence-electron chi connectivity index (χ0n) is 21.1. The molecule has 1 amide bonds. The van der Waals surface area contributed by atoms with Gasteiger partial charge in [0.2, 0.25) is 5.88 Å². The summed E-state index contributed by atoms with van der Waals surface area (Å²) in [5.41, 5.74) is -1.05. The number of nitrogens with one attached hydrogen (secondary N) is 1. The second-order valence-electron chi connectivity index (χ2n) is 8.66. The number of methoxy groups -OCH3 is 1. The number of carboxylic acid groups (broad SMARTS) is 1. The highest BCUT2D eigenvalue weighted by Crippen LogP contribution is 2.37. The molecule has 0 fully saturated rings. The minimum absolute atomic E-state index is 0.0474. The van der Waals surface area contributed by atoms with Crippen LogP contribution in [-0.2, 0) is 27.7 Å². The fourth-order valence-electron chi connectivity index (χ4n) is 3.34. The summed E-state index contributed by atoms with van der Waals surface area (Å²) in [6, 6.07) is 4.18. The lowest BCUT2D eigenvalue weighted by Crippen LogP contribution is -2.46. The number of pyridine rings is 1. The maximum Gasteiger partial charge on any atom is 0.422 e. The molecule has 1 heterocycles. The fraction of sp³-hybridized carbons (Fsp3) is 0.478. The second kappa shape index (κ2) is 13.3. The molecule has 0 aliphatic carbocycles. The smallest absolute Gasteiger partial charge is 0.422 e. The van der Waals surface area contributed by atoms with E-state index in [1.165, 1.54) is 25.3 Å². The molecule has 1 atom stereocenters. The largest absolute Gasteiger partial charge is 0.491 e. The van der Waals surface area contributed by atoms with Crippen molar-refractivity contribution in [2.45, 2.75) is 46.0 Å². The lowest BCUT2D eigenvalue weighted by Gasteiger charge is -2.24. The Balaban J connectivity index is 2.44. The summed E-state index contributed by atoms with van der Waals surface area (Å²) < 4.78 is 83.3. The van der Waals surface area contributed by atoms with Crippen LogP contribution in [0.15, 0.2) is 30.5 Å². The van der Waals surface area contributed by atoms with Crippen molar-refractivity contribution in [3.63, 3.8) is 0 Å². The number of hydrogen-bond donors (Lipinski definition) is 2. The molecular formula is C23H29ClF3N3O7S. The summed E-state index contributed by atoms with van der Waals surface area (Å²) in [4.78, 5) is 15.6. The van der Waals surface area contributed by atoms with E-state index >= 15 is 0 Å². The van der Waals surface area contributed by atoms with Crippen LogP contribution in [0.4, 0.5) is 18.0 Å². The number of carbonyl (C=O) groups is 1. The summed E-state index contributed by atoms with van der Waals surface area (Å²) in [5, 5.41) is 9.21. The molecule has 0 saturated heterocycles. The summed E-state index contributed by atoms with van der Waals surface area (Å²) in [6.45, 7) is 5.08. The van der Waals surface area contributed by atoms with Crippen molar-refractivity contribution in [2.24, 2.45) is 5.92 Å². The summed E-state index contributed by atoms with van der Waals surface area (Å²) in [5.74, 6) is -0.163. The van der Waals surface area contributed by atoms with Gasteiger partial charge in [-0.15, -0.1) is 0 Å². The number of nitrogens with zero attached hydrogens (tertiary/aromatic N) is 2. The Bertz CT molecular complexity index is 1210. The van der Waals surface area contributed by atoms with Gasteiger partial charge in [-0.05, 0) is 37.5 Å². The van der Waals surface area contributed by atoms with Crippen LogP contribution in [0.25, 0.3) is 0 Å². The van der Waals surface area contributed by atoms with E-state index in [9.17, 15) is 31.5 Å². The summed E-state index contributed by atoms with van der Waals surface area (Å²) in [6.07, 6.45) is -5.46. The van der Waals surface area contributed by atoms with Crippen LogP contribution >= 0.6 is 11.6 Å². The first kappa shape index (κ1) is 31.4. The lowest BCUT2D eigenvalue weighted by molar-refractivity contribution is -0.137. The molecule has 1 aromatic carbocycles. The molecule has 2 rings (SSSR count). The van der Waals surface area contributed by atoms with Gasteiger partial charge in [-0.25, -0.2) is 9.78 Å². The quantitative estimate of drug-likeness (QED) is 0.303. The molecule has 1 unspecified atom stereocenters. The molecule has 0 spiro atoms. The Morgan fingerprint density at radius 3 is 2.45 bits per heavy atom. The normalized spacial score (nSPS) is 12.9. The van der Waals surface area contributed by atoms with Gasteiger partial charge in [-0.1, -0.05) is 25.4 Å². The highest BCUT2D eigenvalue weighted by molar-refractivity contribution is 7.87. The summed E-state index contributed by atoms with van der Waals surface area (Å²) >= 11 is 5.96. The molecule has 0 aliphatic heterocycles. The Hall–Kier alpha value is -2.81. The van der Waals surface area contributed by atoms with Crippen LogP contribution < -0.4 is 14.2 Å². The van der Waals surface area contributed by atoms with Crippen molar-refractivity contribution in [3.8, 4) is 17.4 Å². The Morgan fingerprint density at radius 1 is 1.21 bits per heavy atom. The third-order valence-electron chi connectivity index (χ3n) is 4.93. The van der Waals surface area contributed by atoms with Crippen LogP contribution in [0.1, 0.15) is 38.3 Å². The molecule has 15 heteroatoms. The van der Waals surface area contributed by atoms with E-state index in [0.29, 0.717) is 18.7 Å². The van der Waals surface area contributed by atoms with E-state index in [-0.39, 0.29) is 40.5 Å². The van der Waals surface area contributed by atoms with Crippen LogP contribution in [-0.4, -0.2) is 55.3 Å². The van der Waals surface area contributed by atoms with Crippen molar-refractivity contribution < 1.29 is 45.7 Å². The monoisotopic (exact) mass is 583 g/mol. The van der Waals surface area contributed by atoms with Gasteiger partial charge < -0.3 is 19.3 Å². The molecule has 0 saturated carbocycles. The topological polar surface area (TPSA) is 127 Å². The first-order valence-electron chi connectivity index (χ1n) is 11.3. The average molecular weight is 584 g/mol. The number of hydrogen-bond acceptors (Lipinski definition) is 7. The fourth-order valence-corrected chi connectivity index (χ4v) is 4.79. The molecule has 0 bridgehead atoms. The number of halogens is 4. The molecular weight excluding hydrogens is 555 g/mol. The highest BCUT2D eigenvalue weighted by Gasteiger charge is 2.33. The van der Waals surface area contributed by atoms with Gasteiger partial charge in [0.25, 0.3) is 0 Å². The van der Waals surface area contributed by atoms with Gasteiger partial charge in [0.1, 0.15) is 23.1 Å². The molecule has 1 aromatic heterocycles. The van der Waals surface area contributed by atoms with Gasteiger partial charge in [-0.2, -0.15) is 30.6 Å². The molecule has 10 nitrogen and oxygen atoms in total. The van der Waals surface area contributed by atoms with Crippen LogP contribution in [0.2, 0.25) is 5.02 Å². The van der Waals surface area contributed by atoms with E-state index in [2.05, 4.69) is 9.71 Å². The van der Waals surface area contributed by atoms with Gasteiger partial charge in [0, 0.05) is 31.0 Å². The average Bonchev–Trinajstić information content (AvgIpc) is 2.77. The zero-order chi connectivity index (χ0) is 28.7. The number of benzene rings is 1. The van der Waals surface area contributed by atoms with Crippen molar-refractivity contribution >= 4 is 27.9 Å². The standard InChI is InChI=1S/C23H29ClF3N3O7S/c1-14(2)9-15(3)29-38(33,34)30(22(31)32)13-16-5-6-18(36-8-7-35-4)11-20(16)37-21-19(24)10-17(12-28-21)23(25,26)27/h5-6,10-12,14-15,29H,7-9,13H2,1-4H3,(H,31,32).